The van der Waals surface area contributed by atoms with Crippen molar-refractivity contribution in [2.45, 2.75) is 26.4 Å². The molecule has 0 fully saturated rings. The van der Waals surface area contributed by atoms with E-state index in [1.54, 1.807) is 19.4 Å². The number of aromatic nitrogens is 2. The van der Waals surface area contributed by atoms with Gasteiger partial charge in [-0.15, -0.1) is 11.3 Å². The Morgan fingerprint density at radius 2 is 2.32 bits per heavy atom. The fraction of sp³-hybridized carbons (Fsp3) is 0.357. The largest absolute Gasteiger partial charge is 0.294 e. The Morgan fingerprint density at radius 1 is 1.53 bits per heavy atom. The van der Waals surface area contributed by atoms with Gasteiger partial charge in [0.05, 0.1) is 10.6 Å². The molecule has 2 aromatic rings. The van der Waals surface area contributed by atoms with Crippen LogP contribution in [0.4, 0.5) is 0 Å². The fourth-order valence-electron chi connectivity index (χ4n) is 1.84. The number of carbonyl (C=O) groups excluding carboxylic acids is 1. The lowest BCUT2D eigenvalue weighted by Gasteiger charge is -2.23. The molecule has 0 saturated carbocycles. The van der Waals surface area contributed by atoms with Crippen molar-refractivity contribution in [2.24, 2.45) is 0 Å². The highest BCUT2D eigenvalue weighted by Crippen LogP contribution is 2.21. The van der Waals surface area contributed by atoms with Crippen LogP contribution in [0.2, 0.25) is 0 Å². The van der Waals surface area contributed by atoms with Crippen molar-refractivity contribution in [3.05, 3.63) is 46.2 Å². The first-order chi connectivity index (χ1) is 9.08. The van der Waals surface area contributed by atoms with Gasteiger partial charge in [-0.25, -0.2) is 9.97 Å². The smallest absolute Gasteiger partial charge is 0.169 e. The molecule has 5 heteroatoms. The Kier molecular flexibility index (Phi) is 4.39. The first-order valence-electron chi connectivity index (χ1n) is 6.12. The molecule has 2 heterocycles. The summed E-state index contributed by atoms with van der Waals surface area (Å²) < 4.78 is 0. The van der Waals surface area contributed by atoms with E-state index in [1.165, 1.54) is 16.9 Å². The minimum atomic E-state index is 0.128. The maximum atomic E-state index is 11.3. The van der Waals surface area contributed by atoms with Crippen LogP contribution in [0.15, 0.2) is 30.0 Å². The maximum absolute atomic E-state index is 11.3. The molecular weight excluding hydrogens is 258 g/mol. The average molecular weight is 275 g/mol. The fourth-order valence-corrected chi connectivity index (χ4v) is 2.65. The molecule has 0 bridgehead atoms. The van der Waals surface area contributed by atoms with Gasteiger partial charge in [0, 0.05) is 18.8 Å². The zero-order chi connectivity index (χ0) is 13.8. The number of nitrogens with zero attached hydrogens (tertiary/aromatic N) is 3. The summed E-state index contributed by atoms with van der Waals surface area (Å²) in [6.07, 6.45) is 3.32. The summed E-state index contributed by atoms with van der Waals surface area (Å²) in [7, 11) is 2.05. The Hall–Kier alpha value is -1.59. The lowest BCUT2D eigenvalue weighted by atomic mass is 10.2. The number of rotatable bonds is 5. The van der Waals surface area contributed by atoms with Crippen LogP contribution >= 0.6 is 11.3 Å². The predicted octanol–water partition coefficient (Wildman–Crippen LogP) is 2.93. The molecule has 0 aromatic carbocycles. The molecule has 100 valence electrons. The molecule has 4 nitrogen and oxygen atoms in total. The molecule has 0 spiro atoms. The highest BCUT2D eigenvalue weighted by atomic mass is 32.1. The Morgan fingerprint density at radius 3 is 2.89 bits per heavy atom. The van der Waals surface area contributed by atoms with Gasteiger partial charge in [0.2, 0.25) is 0 Å². The van der Waals surface area contributed by atoms with Gasteiger partial charge in [0.1, 0.15) is 6.33 Å². The zero-order valence-electron chi connectivity index (χ0n) is 11.3. The van der Waals surface area contributed by atoms with Gasteiger partial charge in [-0.2, -0.15) is 0 Å². The molecule has 0 unspecified atom stereocenters. The summed E-state index contributed by atoms with van der Waals surface area (Å²) in [6.45, 7) is 4.51. The summed E-state index contributed by atoms with van der Waals surface area (Å²) in [5.74, 6) is 0.128. The van der Waals surface area contributed by atoms with E-state index in [2.05, 4.69) is 28.8 Å². The summed E-state index contributed by atoms with van der Waals surface area (Å²) in [6, 6.07) is 4.11. The minimum absolute atomic E-state index is 0.128. The van der Waals surface area contributed by atoms with Crippen LogP contribution in [0, 0.1) is 0 Å². The van der Waals surface area contributed by atoms with Crippen molar-refractivity contribution in [2.75, 3.05) is 7.05 Å². The van der Waals surface area contributed by atoms with E-state index in [9.17, 15) is 4.79 Å². The lowest BCUT2D eigenvalue weighted by Crippen LogP contribution is -2.22. The van der Waals surface area contributed by atoms with E-state index in [0.29, 0.717) is 0 Å². The highest BCUT2D eigenvalue weighted by Gasteiger charge is 2.14. The van der Waals surface area contributed by atoms with Gasteiger partial charge < -0.3 is 0 Å². The third-order valence-electron chi connectivity index (χ3n) is 3.13. The molecule has 0 aliphatic carbocycles. The number of ketones is 1. The van der Waals surface area contributed by atoms with Gasteiger partial charge in [-0.3, -0.25) is 9.69 Å². The lowest BCUT2D eigenvalue weighted by molar-refractivity contribution is 0.102. The van der Waals surface area contributed by atoms with Crippen molar-refractivity contribution in [3.63, 3.8) is 0 Å². The molecule has 0 radical (unpaired) electrons. The average Bonchev–Trinajstić information content (AvgIpc) is 2.87. The molecule has 0 N–H and O–H groups in total. The number of hydrogen-bond acceptors (Lipinski definition) is 5. The molecule has 2 aromatic heterocycles. The molecule has 0 aliphatic rings. The summed E-state index contributed by atoms with van der Waals surface area (Å²) in [5.41, 5.74) is 2.16. The number of hydrogen-bond donors (Lipinski definition) is 0. The van der Waals surface area contributed by atoms with Gasteiger partial charge in [-0.1, -0.05) is 0 Å². The monoisotopic (exact) mass is 275 g/mol. The normalized spacial score (nSPS) is 12.6. The van der Waals surface area contributed by atoms with E-state index >= 15 is 0 Å². The van der Waals surface area contributed by atoms with Crippen LogP contribution in [-0.2, 0) is 6.54 Å². The standard InChI is InChI=1S/C14H17N3OS/c1-10(13-4-5-15-9-16-13)17(3)7-12-6-14(11(2)18)19-8-12/h4-6,8-10H,7H2,1-3H3/t10-/m1/s1. The second-order valence-corrected chi connectivity index (χ2v) is 5.51. The van der Waals surface area contributed by atoms with Crippen molar-refractivity contribution < 1.29 is 4.79 Å². The summed E-state index contributed by atoms with van der Waals surface area (Å²) >= 11 is 1.51. The van der Waals surface area contributed by atoms with Crippen LogP contribution in [0.1, 0.15) is 40.8 Å². The van der Waals surface area contributed by atoms with Crippen LogP contribution in [0.5, 0.6) is 0 Å². The maximum Gasteiger partial charge on any atom is 0.169 e. The van der Waals surface area contributed by atoms with Crippen LogP contribution < -0.4 is 0 Å². The Bertz CT molecular complexity index is 553. The molecule has 19 heavy (non-hydrogen) atoms. The first kappa shape index (κ1) is 13.8. The van der Waals surface area contributed by atoms with E-state index < -0.39 is 0 Å². The first-order valence-corrected chi connectivity index (χ1v) is 7.00. The van der Waals surface area contributed by atoms with Crippen molar-refractivity contribution in [1.29, 1.82) is 0 Å². The van der Waals surface area contributed by atoms with E-state index in [4.69, 9.17) is 0 Å². The van der Waals surface area contributed by atoms with Gasteiger partial charge >= 0.3 is 0 Å². The quantitative estimate of drug-likeness (QED) is 0.787. The highest BCUT2D eigenvalue weighted by molar-refractivity contribution is 7.12. The third kappa shape index (κ3) is 3.45. The zero-order valence-corrected chi connectivity index (χ0v) is 12.1. The van der Waals surface area contributed by atoms with Crippen molar-refractivity contribution in [3.8, 4) is 0 Å². The topological polar surface area (TPSA) is 46.1 Å². The van der Waals surface area contributed by atoms with Gasteiger partial charge in [-0.05, 0) is 44.0 Å². The van der Waals surface area contributed by atoms with Crippen molar-refractivity contribution >= 4 is 17.1 Å². The molecule has 2 rings (SSSR count). The minimum Gasteiger partial charge on any atom is -0.294 e. The molecular formula is C14H17N3OS. The summed E-state index contributed by atoms with van der Waals surface area (Å²) in [4.78, 5) is 22.5. The second kappa shape index (κ2) is 6.04. The third-order valence-corrected chi connectivity index (χ3v) is 4.21. The second-order valence-electron chi connectivity index (χ2n) is 4.60. The molecule has 0 saturated heterocycles. The van der Waals surface area contributed by atoms with E-state index in [0.717, 1.165) is 17.1 Å². The Labute approximate surface area is 117 Å². The van der Waals surface area contributed by atoms with Crippen molar-refractivity contribution in [1.82, 2.24) is 14.9 Å². The van der Waals surface area contributed by atoms with E-state index in [-0.39, 0.29) is 11.8 Å². The van der Waals surface area contributed by atoms with Crippen LogP contribution in [-0.4, -0.2) is 27.7 Å². The SMILES string of the molecule is CC(=O)c1cc(CN(C)[C@H](C)c2ccncn2)cs1. The Balaban J connectivity index is 2.04. The number of thiophene rings is 1. The predicted molar refractivity (Wildman–Crippen MR) is 76.2 cm³/mol. The summed E-state index contributed by atoms with van der Waals surface area (Å²) in [5, 5.41) is 2.04. The van der Waals surface area contributed by atoms with Crippen LogP contribution in [0.3, 0.4) is 0 Å². The number of Topliss-reactive ketones (excluding diaryl/α,β-unsaturated/α-hetero) is 1. The van der Waals surface area contributed by atoms with Gasteiger partial charge in [0.15, 0.2) is 5.78 Å². The van der Waals surface area contributed by atoms with Crippen LogP contribution in [0.25, 0.3) is 0 Å². The molecule has 0 aliphatic heterocycles. The van der Waals surface area contributed by atoms with E-state index in [1.807, 2.05) is 17.5 Å². The van der Waals surface area contributed by atoms with Gasteiger partial charge in [0.25, 0.3) is 0 Å². The molecule has 0 amide bonds. The number of carbonyl (C=O) groups is 1. The molecule has 1 atom stereocenters.